The Morgan fingerprint density at radius 3 is 2.38 bits per heavy atom. The van der Waals surface area contributed by atoms with Gasteiger partial charge in [-0.15, -0.1) is 0 Å². The highest BCUT2D eigenvalue weighted by Gasteiger charge is 2.13. The van der Waals surface area contributed by atoms with Crippen LogP contribution in [0.5, 0.6) is 5.75 Å². The molecular weight excluding hydrogens is 306 g/mol. The molecule has 1 unspecified atom stereocenters. The van der Waals surface area contributed by atoms with Crippen molar-refractivity contribution in [3.63, 3.8) is 0 Å². The molecule has 0 radical (unpaired) electrons. The quantitative estimate of drug-likeness (QED) is 0.690. The molecule has 0 aliphatic carbocycles. The number of anilines is 1. The van der Waals surface area contributed by atoms with Crippen molar-refractivity contribution in [1.29, 1.82) is 0 Å². The maximum Gasteiger partial charge on any atom is 0.159 e. The van der Waals surface area contributed by atoms with Crippen LogP contribution in [0.2, 0.25) is 0 Å². The van der Waals surface area contributed by atoms with Crippen LogP contribution >= 0.6 is 0 Å². The topological polar surface area (TPSA) is 70.0 Å². The third kappa shape index (κ3) is 5.37. The Hall–Kier alpha value is -2.37. The van der Waals surface area contributed by atoms with Crippen molar-refractivity contribution in [2.24, 2.45) is 0 Å². The van der Waals surface area contributed by atoms with E-state index in [9.17, 15) is 15.0 Å². The molecule has 0 aromatic heterocycles. The molecule has 2 aromatic carbocycles. The molecule has 5 nitrogen and oxygen atoms in total. The van der Waals surface area contributed by atoms with E-state index in [1.54, 1.807) is 24.3 Å². The van der Waals surface area contributed by atoms with Gasteiger partial charge in [0.2, 0.25) is 0 Å². The standard InChI is InChI=1S/C19H23NO4/c1-15(22)16-7-9-19(10-8-16)24-14-18(23)13-20(11-12-21)17-5-3-2-4-6-17/h2-10,18,21,23H,11-14H2,1H3. The van der Waals surface area contributed by atoms with Crippen LogP contribution in [0, 0.1) is 0 Å². The Kier molecular flexibility index (Phi) is 6.78. The summed E-state index contributed by atoms with van der Waals surface area (Å²) in [6.07, 6.45) is -0.704. The number of hydrogen-bond donors (Lipinski definition) is 2. The van der Waals surface area contributed by atoms with Crippen molar-refractivity contribution in [2.45, 2.75) is 13.0 Å². The molecule has 0 aliphatic rings. The van der Waals surface area contributed by atoms with Gasteiger partial charge in [-0.1, -0.05) is 18.2 Å². The van der Waals surface area contributed by atoms with Crippen LogP contribution in [0.15, 0.2) is 54.6 Å². The van der Waals surface area contributed by atoms with E-state index in [0.717, 1.165) is 5.69 Å². The number of ketones is 1. The summed E-state index contributed by atoms with van der Waals surface area (Å²) < 4.78 is 5.57. The number of carbonyl (C=O) groups excluding carboxylic acids is 1. The number of aliphatic hydroxyl groups is 2. The molecule has 24 heavy (non-hydrogen) atoms. The highest BCUT2D eigenvalue weighted by molar-refractivity contribution is 5.94. The highest BCUT2D eigenvalue weighted by atomic mass is 16.5. The minimum Gasteiger partial charge on any atom is -0.491 e. The number of carbonyl (C=O) groups is 1. The third-order valence-electron chi connectivity index (χ3n) is 3.63. The van der Waals surface area contributed by atoms with Crippen molar-refractivity contribution >= 4 is 11.5 Å². The van der Waals surface area contributed by atoms with Crippen LogP contribution < -0.4 is 9.64 Å². The van der Waals surface area contributed by atoms with E-state index in [4.69, 9.17) is 4.74 Å². The normalized spacial score (nSPS) is 11.8. The molecule has 0 saturated heterocycles. The Labute approximate surface area is 142 Å². The number of Topliss-reactive ketones (excluding diaryl/α,β-unsaturated/α-hetero) is 1. The molecule has 0 heterocycles. The molecule has 0 bridgehead atoms. The summed E-state index contributed by atoms with van der Waals surface area (Å²) >= 11 is 0. The number of nitrogens with zero attached hydrogens (tertiary/aromatic N) is 1. The lowest BCUT2D eigenvalue weighted by atomic mass is 10.1. The number of para-hydroxylation sites is 1. The van der Waals surface area contributed by atoms with E-state index in [1.165, 1.54) is 6.92 Å². The summed E-state index contributed by atoms with van der Waals surface area (Å²) in [7, 11) is 0. The first-order chi connectivity index (χ1) is 11.6. The minimum atomic E-state index is -0.704. The monoisotopic (exact) mass is 329 g/mol. The van der Waals surface area contributed by atoms with Gasteiger partial charge in [0.1, 0.15) is 18.5 Å². The van der Waals surface area contributed by atoms with Crippen LogP contribution in [-0.4, -0.2) is 48.4 Å². The number of benzene rings is 2. The van der Waals surface area contributed by atoms with Gasteiger partial charge in [0.05, 0.1) is 6.61 Å². The van der Waals surface area contributed by atoms with Gasteiger partial charge in [0, 0.05) is 24.3 Å². The summed E-state index contributed by atoms with van der Waals surface area (Å²) in [5, 5.41) is 19.4. The summed E-state index contributed by atoms with van der Waals surface area (Å²) in [6.45, 7) is 2.45. The minimum absolute atomic E-state index is 0.00379. The van der Waals surface area contributed by atoms with Gasteiger partial charge in [0.25, 0.3) is 0 Å². The molecule has 0 fully saturated rings. The van der Waals surface area contributed by atoms with Crippen molar-refractivity contribution < 1.29 is 19.7 Å². The lowest BCUT2D eigenvalue weighted by Gasteiger charge is -2.26. The van der Waals surface area contributed by atoms with E-state index in [1.807, 2.05) is 35.2 Å². The fourth-order valence-electron chi connectivity index (χ4n) is 2.37. The molecule has 0 spiro atoms. The van der Waals surface area contributed by atoms with Crippen molar-refractivity contribution in [2.75, 3.05) is 31.2 Å². The zero-order chi connectivity index (χ0) is 17.4. The molecule has 1 atom stereocenters. The number of aliphatic hydroxyl groups excluding tert-OH is 2. The van der Waals surface area contributed by atoms with Gasteiger partial charge in [-0.25, -0.2) is 0 Å². The average molecular weight is 329 g/mol. The number of hydrogen-bond acceptors (Lipinski definition) is 5. The first kappa shape index (κ1) is 18.0. The fourth-order valence-corrected chi connectivity index (χ4v) is 2.37. The second-order valence-electron chi connectivity index (χ2n) is 5.55. The first-order valence-corrected chi connectivity index (χ1v) is 7.93. The number of rotatable bonds is 9. The van der Waals surface area contributed by atoms with E-state index in [2.05, 4.69) is 0 Å². The molecule has 2 rings (SSSR count). The van der Waals surface area contributed by atoms with Gasteiger partial charge in [-0.3, -0.25) is 4.79 Å². The van der Waals surface area contributed by atoms with Crippen LogP contribution in [0.3, 0.4) is 0 Å². The Morgan fingerprint density at radius 1 is 1.12 bits per heavy atom. The zero-order valence-electron chi connectivity index (χ0n) is 13.8. The summed E-state index contributed by atoms with van der Waals surface area (Å²) in [6, 6.07) is 16.5. The molecule has 0 aliphatic heterocycles. The third-order valence-corrected chi connectivity index (χ3v) is 3.63. The maximum atomic E-state index is 11.2. The van der Waals surface area contributed by atoms with E-state index in [-0.39, 0.29) is 19.0 Å². The van der Waals surface area contributed by atoms with Crippen molar-refractivity contribution in [3.8, 4) is 5.75 Å². The number of ether oxygens (including phenoxy) is 1. The predicted molar refractivity (Wildman–Crippen MR) is 93.7 cm³/mol. The molecule has 0 amide bonds. The van der Waals surface area contributed by atoms with Crippen molar-refractivity contribution in [3.05, 3.63) is 60.2 Å². The van der Waals surface area contributed by atoms with E-state index in [0.29, 0.717) is 24.4 Å². The second kappa shape index (κ2) is 9.05. The second-order valence-corrected chi connectivity index (χ2v) is 5.55. The highest BCUT2D eigenvalue weighted by Crippen LogP contribution is 2.15. The molecule has 128 valence electrons. The average Bonchev–Trinajstić information content (AvgIpc) is 2.60. The molecule has 2 N–H and O–H groups in total. The lowest BCUT2D eigenvalue weighted by Crippen LogP contribution is -2.37. The lowest BCUT2D eigenvalue weighted by molar-refractivity contribution is 0.101. The van der Waals surface area contributed by atoms with Gasteiger partial charge in [-0.2, -0.15) is 0 Å². The van der Waals surface area contributed by atoms with Gasteiger partial charge in [0.15, 0.2) is 5.78 Å². The van der Waals surface area contributed by atoms with Gasteiger partial charge in [-0.05, 0) is 43.3 Å². The zero-order valence-corrected chi connectivity index (χ0v) is 13.8. The van der Waals surface area contributed by atoms with Gasteiger partial charge < -0.3 is 19.8 Å². The Morgan fingerprint density at radius 2 is 1.79 bits per heavy atom. The molecule has 5 heteroatoms. The summed E-state index contributed by atoms with van der Waals surface area (Å²) in [4.78, 5) is 13.1. The van der Waals surface area contributed by atoms with Crippen LogP contribution in [-0.2, 0) is 0 Å². The van der Waals surface area contributed by atoms with Crippen LogP contribution in [0.25, 0.3) is 0 Å². The molecule has 0 saturated carbocycles. The largest absolute Gasteiger partial charge is 0.491 e. The SMILES string of the molecule is CC(=O)c1ccc(OCC(O)CN(CCO)c2ccccc2)cc1. The fraction of sp³-hybridized carbons (Fsp3) is 0.316. The molecular formula is C19H23NO4. The van der Waals surface area contributed by atoms with Gasteiger partial charge >= 0.3 is 0 Å². The van der Waals surface area contributed by atoms with Crippen LogP contribution in [0.1, 0.15) is 17.3 Å². The maximum absolute atomic E-state index is 11.2. The van der Waals surface area contributed by atoms with Crippen molar-refractivity contribution in [1.82, 2.24) is 0 Å². The first-order valence-electron chi connectivity index (χ1n) is 7.93. The predicted octanol–water partition coefficient (Wildman–Crippen LogP) is 2.13. The summed E-state index contributed by atoms with van der Waals surface area (Å²) in [5.74, 6) is 0.608. The Balaban J connectivity index is 1.89. The van der Waals surface area contributed by atoms with E-state index >= 15 is 0 Å². The summed E-state index contributed by atoms with van der Waals surface area (Å²) in [5.41, 5.74) is 1.57. The van der Waals surface area contributed by atoms with E-state index < -0.39 is 6.10 Å². The Bertz CT molecular complexity index is 628. The smallest absolute Gasteiger partial charge is 0.159 e. The van der Waals surface area contributed by atoms with Crippen LogP contribution in [0.4, 0.5) is 5.69 Å². The molecule has 2 aromatic rings.